The molecule has 1 aliphatic rings. The number of ether oxygens (including phenoxy) is 1. The van der Waals surface area contributed by atoms with Crippen molar-refractivity contribution >= 4 is 6.09 Å². The second-order valence-electron chi connectivity index (χ2n) is 6.57. The van der Waals surface area contributed by atoms with Gasteiger partial charge in [0.25, 0.3) is 0 Å². The molecule has 0 saturated carbocycles. The Morgan fingerprint density at radius 2 is 1.94 bits per heavy atom. The van der Waals surface area contributed by atoms with Gasteiger partial charge in [-0.25, -0.2) is 4.79 Å². The predicted molar refractivity (Wildman–Crippen MR) is 71.3 cm³/mol. The third kappa shape index (κ3) is 4.16. The Bertz CT molecular complexity index is 277. The number of likely N-dealkylation sites (tertiary alicyclic amines) is 1. The van der Waals surface area contributed by atoms with Gasteiger partial charge in [-0.3, -0.25) is 0 Å². The van der Waals surface area contributed by atoms with Crippen LogP contribution in [0.15, 0.2) is 0 Å². The predicted octanol–water partition coefficient (Wildman–Crippen LogP) is 2.51. The van der Waals surface area contributed by atoms with Crippen molar-refractivity contribution in [3.05, 3.63) is 0 Å². The standard InChI is InChI=1S/C14H27NO3/c1-10(2)12(6-7-16)11-8-15(9-11)13(17)18-14(3,4)5/h10-12,16H,6-9H2,1-5H3. The van der Waals surface area contributed by atoms with Crippen LogP contribution >= 0.6 is 0 Å². The van der Waals surface area contributed by atoms with Gasteiger partial charge in [0, 0.05) is 19.7 Å². The lowest BCUT2D eigenvalue weighted by molar-refractivity contribution is -0.0184. The van der Waals surface area contributed by atoms with Gasteiger partial charge in [-0.15, -0.1) is 0 Å². The minimum absolute atomic E-state index is 0.217. The van der Waals surface area contributed by atoms with Gasteiger partial charge in [0.2, 0.25) is 0 Å². The molecule has 18 heavy (non-hydrogen) atoms. The van der Waals surface area contributed by atoms with E-state index < -0.39 is 5.60 Å². The van der Waals surface area contributed by atoms with E-state index >= 15 is 0 Å². The number of hydrogen-bond acceptors (Lipinski definition) is 3. The molecule has 1 N–H and O–H groups in total. The van der Waals surface area contributed by atoms with E-state index in [4.69, 9.17) is 9.84 Å². The molecule has 0 aromatic rings. The summed E-state index contributed by atoms with van der Waals surface area (Å²) in [4.78, 5) is 13.5. The third-order valence-electron chi connectivity index (χ3n) is 3.49. The Morgan fingerprint density at radius 1 is 1.39 bits per heavy atom. The summed E-state index contributed by atoms with van der Waals surface area (Å²) in [5, 5.41) is 9.08. The molecule has 1 unspecified atom stereocenters. The molecule has 0 radical (unpaired) electrons. The first-order valence-corrected chi connectivity index (χ1v) is 6.83. The number of hydrogen-bond donors (Lipinski definition) is 1. The van der Waals surface area contributed by atoms with E-state index in [0.29, 0.717) is 17.8 Å². The van der Waals surface area contributed by atoms with Crippen molar-refractivity contribution in [1.82, 2.24) is 4.90 Å². The summed E-state index contributed by atoms with van der Waals surface area (Å²) < 4.78 is 5.33. The normalized spacial score (nSPS) is 18.7. The molecule has 0 bridgehead atoms. The summed E-state index contributed by atoms with van der Waals surface area (Å²) in [5.41, 5.74) is -0.426. The molecule has 1 amide bonds. The van der Waals surface area contributed by atoms with Gasteiger partial charge in [0.1, 0.15) is 5.60 Å². The molecule has 1 atom stereocenters. The highest BCUT2D eigenvalue weighted by molar-refractivity contribution is 5.69. The number of aliphatic hydroxyl groups is 1. The van der Waals surface area contributed by atoms with E-state index in [2.05, 4.69) is 13.8 Å². The molecule has 4 heteroatoms. The fourth-order valence-electron chi connectivity index (χ4n) is 2.52. The Balaban J connectivity index is 2.40. The average Bonchev–Trinajstić information content (AvgIpc) is 2.10. The molecule has 0 aromatic heterocycles. The number of rotatable bonds is 4. The highest BCUT2D eigenvalue weighted by Gasteiger charge is 2.38. The minimum Gasteiger partial charge on any atom is -0.444 e. The lowest BCUT2D eigenvalue weighted by atomic mass is 9.77. The van der Waals surface area contributed by atoms with Gasteiger partial charge < -0.3 is 14.7 Å². The van der Waals surface area contributed by atoms with Crippen LogP contribution in [-0.2, 0) is 4.74 Å². The van der Waals surface area contributed by atoms with Crippen LogP contribution in [0.4, 0.5) is 4.79 Å². The molecule has 1 heterocycles. The maximum atomic E-state index is 11.8. The largest absolute Gasteiger partial charge is 0.444 e. The maximum absolute atomic E-state index is 11.8. The van der Waals surface area contributed by atoms with E-state index in [1.54, 1.807) is 4.90 Å². The smallest absolute Gasteiger partial charge is 0.410 e. The van der Waals surface area contributed by atoms with Crippen LogP contribution in [0.3, 0.4) is 0 Å². The molecule has 1 fully saturated rings. The van der Waals surface area contributed by atoms with Crippen molar-refractivity contribution in [1.29, 1.82) is 0 Å². The molecule has 0 aliphatic carbocycles. The molecular weight excluding hydrogens is 230 g/mol. The first-order valence-electron chi connectivity index (χ1n) is 6.83. The number of amides is 1. The van der Waals surface area contributed by atoms with Crippen molar-refractivity contribution in [3.8, 4) is 0 Å². The maximum Gasteiger partial charge on any atom is 0.410 e. The van der Waals surface area contributed by atoms with Crippen molar-refractivity contribution in [2.75, 3.05) is 19.7 Å². The highest BCUT2D eigenvalue weighted by Crippen LogP contribution is 2.32. The first kappa shape index (κ1) is 15.3. The minimum atomic E-state index is -0.426. The summed E-state index contributed by atoms with van der Waals surface area (Å²) in [5.74, 6) is 1.54. The molecule has 106 valence electrons. The Morgan fingerprint density at radius 3 is 2.33 bits per heavy atom. The van der Waals surface area contributed by atoms with Crippen LogP contribution in [0.25, 0.3) is 0 Å². The zero-order chi connectivity index (χ0) is 13.9. The summed E-state index contributed by atoms with van der Waals surface area (Å²) in [6.07, 6.45) is 0.607. The third-order valence-corrected chi connectivity index (χ3v) is 3.49. The van der Waals surface area contributed by atoms with E-state index in [-0.39, 0.29) is 12.7 Å². The van der Waals surface area contributed by atoms with Gasteiger partial charge in [0.15, 0.2) is 0 Å². The Hall–Kier alpha value is -0.770. The summed E-state index contributed by atoms with van der Waals surface area (Å²) >= 11 is 0. The number of nitrogens with zero attached hydrogens (tertiary/aromatic N) is 1. The van der Waals surface area contributed by atoms with E-state index in [1.165, 1.54) is 0 Å². The summed E-state index contributed by atoms with van der Waals surface area (Å²) in [7, 11) is 0. The molecular formula is C14H27NO3. The molecule has 0 spiro atoms. The zero-order valence-electron chi connectivity index (χ0n) is 12.3. The monoisotopic (exact) mass is 257 g/mol. The van der Waals surface area contributed by atoms with Crippen LogP contribution < -0.4 is 0 Å². The van der Waals surface area contributed by atoms with Crippen LogP contribution in [0.5, 0.6) is 0 Å². The van der Waals surface area contributed by atoms with Crippen LogP contribution in [0, 0.1) is 17.8 Å². The number of carbonyl (C=O) groups excluding carboxylic acids is 1. The van der Waals surface area contributed by atoms with E-state index in [0.717, 1.165) is 19.5 Å². The fourth-order valence-corrected chi connectivity index (χ4v) is 2.52. The van der Waals surface area contributed by atoms with Gasteiger partial charge in [-0.1, -0.05) is 13.8 Å². The summed E-state index contributed by atoms with van der Waals surface area (Å²) in [6.45, 7) is 11.7. The number of carbonyl (C=O) groups is 1. The van der Waals surface area contributed by atoms with Gasteiger partial charge in [0.05, 0.1) is 0 Å². The molecule has 1 saturated heterocycles. The van der Waals surface area contributed by atoms with Crippen molar-refractivity contribution in [2.45, 2.75) is 46.6 Å². The second kappa shape index (κ2) is 5.91. The SMILES string of the molecule is CC(C)C(CCO)C1CN(C(=O)OC(C)(C)C)C1. The van der Waals surface area contributed by atoms with E-state index in [9.17, 15) is 4.79 Å². The van der Waals surface area contributed by atoms with E-state index in [1.807, 2.05) is 20.8 Å². The summed E-state index contributed by atoms with van der Waals surface area (Å²) in [6, 6.07) is 0. The van der Waals surface area contributed by atoms with Crippen LogP contribution in [0.2, 0.25) is 0 Å². The number of aliphatic hydroxyl groups excluding tert-OH is 1. The van der Waals surface area contributed by atoms with Gasteiger partial charge in [-0.05, 0) is 44.9 Å². The highest BCUT2D eigenvalue weighted by atomic mass is 16.6. The van der Waals surface area contributed by atoms with Crippen molar-refractivity contribution in [2.24, 2.45) is 17.8 Å². The molecule has 1 aliphatic heterocycles. The quantitative estimate of drug-likeness (QED) is 0.842. The Labute approximate surface area is 110 Å². The van der Waals surface area contributed by atoms with Crippen molar-refractivity contribution in [3.63, 3.8) is 0 Å². The van der Waals surface area contributed by atoms with Crippen LogP contribution in [0.1, 0.15) is 41.0 Å². The second-order valence-corrected chi connectivity index (χ2v) is 6.57. The van der Waals surface area contributed by atoms with Crippen LogP contribution in [-0.4, -0.2) is 41.4 Å². The molecule has 1 rings (SSSR count). The molecule has 4 nitrogen and oxygen atoms in total. The average molecular weight is 257 g/mol. The first-order chi connectivity index (χ1) is 8.24. The Kier molecular flexibility index (Phi) is 5.02. The zero-order valence-corrected chi connectivity index (χ0v) is 12.3. The van der Waals surface area contributed by atoms with Gasteiger partial charge >= 0.3 is 6.09 Å². The van der Waals surface area contributed by atoms with Crippen molar-refractivity contribution < 1.29 is 14.6 Å². The lowest BCUT2D eigenvalue weighted by Gasteiger charge is -2.44. The lowest BCUT2D eigenvalue weighted by Crippen LogP contribution is -2.54. The molecule has 0 aromatic carbocycles. The fraction of sp³-hybridized carbons (Fsp3) is 0.929. The topological polar surface area (TPSA) is 49.8 Å². The van der Waals surface area contributed by atoms with Gasteiger partial charge in [-0.2, -0.15) is 0 Å².